The molecule has 8 nitrogen and oxygen atoms in total. The molecule has 0 aliphatic carbocycles. The Labute approximate surface area is 183 Å². The van der Waals surface area contributed by atoms with Gasteiger partial charge < -0.3 is 4.90 Å². The van der Waals surface area contributed by atoms with Crippen LogP contribution in [0.4, 0.5) is 10.8 Å². The second kappa shape index (κ2) is 7.73. The molecule has 30 heavy (non-hydrogen) atoms. The van der Waals surface area contributed by atoms with Crippen LogP contribution in [0.2, 0.25) is 0 Å². The van der Waals surface area contributed by atoms with Crippen molar-refractivity contribution >= 4 is 49.4 Å². The molecule has 11 heteroatoms. The number of aromatic nitrogens is 2. The number of benzene rings is 1. The first-order valence-electron chi connectivity index (χ1n) is 9.19. The van der Waals surface area contributed by atoms with E-state index in [0.29, 0.717) is 23.9 Å². The Morgan fingerprint density at radius 2 is 1.87 bits per heavy atom. The lowest BCUT2D eigenvalue weighted by atomic mass is 9.97. The number of nitrogens with two attached hydrogens (primary N) is 1. The van der Waals surface area contributed by atoms with Gasteiger partial charge in [0.25, 0.3) is 0 Å². The Balaban J connectivity index is 1.40. The summed E-state index contributed by atoms with van der Waals surface area (Å²) in [6.45, 7) is 4.75. The van der Waals surface area contributed by atoms with Gasteiger partial charge in [-0.05, 0) is 38.1 Å². The van der Waals surface area contributed by atoms with E-state index in [-0.39, 0.29) is 16.0 Å². The zero-order valence-corrected chi connectivity index (χ0v) is 19.1. The number of nitrogens with zero attached hydrogens (tertiary/aromatic N) is 4. The number of sulfonamides is 1. The maximum Gasteiger partial charge on any atom is 0.249 e. The van der Waals surface area contributed by atoms with Crippen LogP contribution in [-0.2, 0) is 14.8 Å². The number of amides is 1. The first kappa shape index (κ1) is 20.9. The number of carbonyl (C=O) groups excluding carboxylic acids is 1. The standard InChI is InChI=1S/C19H21N5O3S3/c1-11-10-28-16(21-11)13-4-6-15(7-5-13)24-8-14(9-24)17(25)23(3)19-22-12(2)18(29-19)30(20,26)27/h4-7,10,14H,8-9H2,1-3H3,(H2,20,26,27). The molecule has 0 spiro atoms. The number of primary sulfonamides is 1. The fourth-order valence-electron chi connectivity index (χ4n) is 3.29. The molecule has 4 rings (SSSR count). The number of rotatable bonds is 5. The number of hydrogen-bond acceptors (Lipinski definition) is 8. The van der Waals surface area contributed by atoms with Gasteiger partial charge in [0.15, 0.2) is 9.34 Å². The summed E-state index contributed by atoms with van der Waals surface area (Å²) in [6, 6.07) is 8.17. The second-order valence-electron chi connectivity index (χ2n) is 7.25. The van der Waals surface area contributed by atoms with Crippen LogP contribution in [0, 0.1) is 19.8 Å². The largest absolute Gasteiger partial charge is 0.370 e. The van der Waals surface area contributed by atoms with Gasteiger partial charge in [-0.15, -0.1) is 11.3 Å². The predicted molar refractivity (Wildman–Crippen MR) is 120 cm³/mol. The number of anilines is 2. The lowest BCUT2D eigenvalue weighted by Crippen LogP contribution is -2.54. The summed E-state index contributed by atoms with van der Waals surface area (Å²) < 4.78 is 23.2. The molecule has 0 unspecified atom stereocenters. The average molecular weight is 464 g/mol. The number of thiazole rings is 2. The lowest BCUT2D eigenvalue weighted by Gasteiger charge is -2.41. The van der Waals surface area contributed by atoms with Gasteiger partial charge in [0.2, 0.25) is 15.9 Å². The van der Waals surface area contributed by atoms with E-state index in [9.17, 15) is 13.2 Å². The van der Waals surface area contributed by atoms with Gasteiger partial charge in [0.1, 0.15) is 5.01 Å². The molecule has 2 aromatic heterocycles. The van der Waals surface area contributed by atoms with Crippen molar-refractivity contribution in [1.82, 2.24) is 9.97 Å². The summed E-state index contributed by atoms with van der Waals surface area (Å²) in [6.07, 6.45) is 0. The Morgan fingerprint density at radius 1 is 1.20 bits per heavy atom. The third-order valence-corrected chi connectivity index (χ3v) is 8.74. The highest BCUT2D eigenvalue weighted by Gasteiger charge is 2.36. The first-order chi connectivity index (χ1) is 14.1. The van der Waals surface area contributed by atoms with Gasteiger partial charge in [-0.2, -0.15) is 0 Å². The zero-order valence-electron chi connectivity index (χ0n) is 16.7. The SMILES string of the molecule is Cc1csc(-c2ccc(N3CC(C(=O)N(C)c4nc(C)c(S(N)(=O)=O)s4)C3)cc2)n1. The smallest absolute Gasteiger partial charge is 0.249 e. The second-order valence-corrected chi connectivity index (χ2v) is 10.8. The molecule has 0 bridgehead atoms. The molecule has 0 atom stereocenters. The monoisotopic (exact) mass is 463 g/mol. The van der Waals surface area contributed by atoms with E-state index in [1.807, 2.05) is 36.6 Å². The summed E-state index contributed by atoms with van der Waals surface area (Å²) in [5, 5.41) is 8.57. The number of hydrogen-bond donors (Lipinski definition) is 1. The predicted octanol–water partition coefficient (Wildman–Crippen LogP) is 2.63. The van der Waals surface area contributed by atoms with Crippen LogP contribution in [-0.4, -0.2) is 44.4 Å². The van der Waals surface area contributed by atoms with Crippen molar-refractivity contribution in [2.24, 2.45) is 11.1 Å². The summed E-state index contributed by atoms with van der Waals surface area (Å²) in [5.41, 5.74) is 3.46. The number of carbonyl (C=O) groups is 1. The summed E-state index contributed by atoms with van der Waals surface area (Å²) in [7, 11) is -2.23. The Morgan fingerprint density at radius 3 is 2.40 bits per heavy atom. The van der Waals surface area contributed by atoms with Crippen LogP contribution in [0.1, 0.15) is 11.4 Å². The minimum atomic E-state index is -3.84. The van der Waals surface area contributed by atoms with Gasteiger partial charge in [-0.1, -0.05) is 11.3 Å². The van der Waals surface area contributed by atoms with E-state index >= 15 is 0 Å². The fraction of sp³-hybridized carbons (Fsp3) is 0.316. The van der Waals surface area contributed by atoms with Crippen LogP contribution in [0.3, 0.4) is 0 Å². The third kappa shape index (κ3) is 3.97. The van der Waals surface area contributed by atoms with Crippen molar-refractivity contribution < 1.29 is 13.2 Å². The summed E-state index contributed by atoms with van der Waals surface area (Å²) >= 11 is 2.54. The van der Waals surface area contributed by atoms with Crippen molar-refractivity contribution in [3.63, 3.8) is 0 Å². The number of aryl methyl sites for hydroxylation is 2. The zero-order chi connectivity index (χ0) is 21.6. The van der Waals surface area contributed by atoms with E-state index < -0.39 is 10.0 Å². The Bertz CT molecular complexity index is 1190. The normalized spacial score (nSPS) is 14.6. The van der Waals surface area contributed by atoms with Gasteiger partial charge >= 0.3 is 0 Å². The molecule has 1 amide bonds. The molecule has 3 aromatic rings. The molecule has 158 valence electrons. The topological polar surface area (TPSA) is 109 Å². The van der Waals surface area contributed by atoms with Gasteiger partial charge in [0, 0.05) is 42.5 Å². The third-order valence-electron chi connectivity index (χ3n) is 4.95. The highest BCUT2D eigenvalue weighted by atomic mass is 32.2. The Hall–Kier alpha value is -2.34. The van der Waals surface area contributed by atoms with E-state index in [0.717, 1.165) is 33.3 Å². The average Bonchev–Trinajstić information content (AvgIpc) is 3.26. The summed E-state index contributed by atoms with van der Waals surface area (Å²) in [4.78, 5) is 25.0. The quantitative estimate of drug-likeness (QED) is 0.623. The van der Waals surface area contributed by atoms with E-state index in [1.165, 1.54) is 4.90 Å². The van der Waals surface area contributed by atoms with E-state index in [2.05, 4.69) is 14.9 Å². The van der Waals surface area contributed by atoms with Crippen molar-refractivity contribution in [3.8, 4) is 10.6 Å². The highest BCUT2D eigenvalue weighted by molar-refractivity contribution is 7.91. The molecule has 3 heterocycles. The van der Waals surface area contributed by atoms with Gasteiger partial charge in [0.05, 0.1) is 11.6 Å². The van der Waals surface area contributed by atoms with Crippen LogP contribution in [0.5, 0.6) is 0 Å². The molecule has 2 N–H and O–H groups in total. The van der Waals surface area contributed by atoms with Gasteiger partial charge in [-0.25, -0.2) is 23.5 Å². The van der Waals surface area contributed by atoms with E-state index in [1.54, 1.807) is 25.3 Å². The van der Waals surface area contributed by atoms with Crippen molar-refractivity contribution in [2.45, 2.75) is 18.1 Å². The molecule has 1 saturated heterocycles. The minimum Gasteiger partial charge on any atom is -0.370 e. The molecule has 1 fully saturated rings. The van der Waals surface area contributed by atoms with Crippen molar-refractivity contribution in [1.29, 1.82) is 0 Å². The van der Waals surface area contributed by atoms with Crippen LogP contribution in [0.15, 0.2) is 33.9 Å². The maximum absolute atomic E-state index is 12.8. The molecule has 0 radical (unpaired) electrons. The molecule has 1 aliphatic heterocycles. The maximum atomic E-state index is 12.8. The van der Waals surface area contributed by atoms with Crippen LogP contribution < -0.4 is 14.9 Å². The first-order valence-corrected chi connectivity index (χ1v) is 12.4. The van der Waals surface area contributed by atoms with Crippen molar-refractivity contribution in [3.05, 3.63) is 41.0 Å². The van der Waals surface area contributed by atoms with Crippen LogP contribution >= 0.6 is 22.7 Å². The van der Waals surface area contributed by atoms with Gasteiger partial charge in [-0.3, -0.25) is 9.69 Å². The molecule has 1 aliphatic rings. The summed E-state index contributed by atoms with van der Waals surface area (Å²) in [5.74, 6) is -0.255. The molecule has 0 saturated carbocycles. The Kier molecular flexibility index (Phi) is 5.39. The molecular formula is C19H21N5O3S3. The molecular weight excluding hydrogens is 442 g/mol. The molecule has 1 aromatic carbocycles. The highest BCUT2D eigenvalue weighted by Crippen LogP contribution is 2.32. The minimum absolute atomic E-state index is 0.0112. The lowest BCUT2D eigenvalue weighted by molar-refractivity contribution is -0.122. The van der Waals surface area contributed by atoms with Crippen molar-refractivity contribution in [2.75, 3.05) is 29.9 Å². The van der Waals surface area contributed by atoms with Crippen LogP contribution in [0.25, 0.3) is 10.6 Å². The van der Waals surface area contributed by atoms with E-state index in [4.69, 9.17) is 5.14 Å². The fourth-order valence-corrected chi connectivity index (χ4v) is 6.01.